The Morgan fingerprint density at radius 3 is 2.27 bits per heavy atom. The van der Waals surface area contributed by atoms with Gasteiger partial charge in [-0.1, -0.05) is 22.8 Å². The first kappa shape index (κ1) is 30.0. The minimum atomic E-state index is -4.23. The molecule has 0 unspecified atom stereocenters. The van der Waals surface area contributed by atoms with Gasteiger partial charge >= 0.3 is 11.9 Å². The van der Waals surface area contributed by atoms with E-state index in [0.29, 0.717) is 6.42 Å². The molecule has 1 amide bonds. The molecule has 204 valence electrons. The first-order chi connectivity index (χ1) is 17.4. The highest BCUT2D eigenvalue weighted by Gasteiger charge is 2.51. The highest BCUT2D eigenvalue weighted by atomic mass is 32.2. The number of rotatable bonds is 12. The molecule has 14 nitrogen and oxygen atoms in total. The van der Waals surface area contributed by atoms with Gasteiger partial charge in [-0.05, 0) is 31.0 Å². The SMILES string of the molecule is CC(=O)N[C@H]1[C@@H](OCCCN=[N+]=[N-])O[C@H](COS(=O)(=O)c2ccc(C)cc2)[C@@H](OC(C)=O)[C@@H]1OC(C)=O. The molecule has 1 aromatic carbocycles. The van der Waals surface area contributed by atoms with Crippen molar-refractivity contribution < 1.29 is 45.9 Å². The van der Waals surface area contributed by atoms with Crippen LogP contribution in [0.5, 0.6) is 0 Å². The summed E-state index contributed by atoms with van der Waals surface area (Å²) in [6, 6.07) is 4.82. The molecule has 1 heterocycles. The Bertz CT molecular complexity index is 1100. The maximum absolute atomic E-state index is 12.7. The molecule has 0 spiro atoms. The highest BCUT2D eigenvalue weighted by molar-refractivity contribution is 7.86. The van der Waals surface area contributed by atoms with Crippen molar-refractivity contribution in [1.82, 2.24) is 5.32 Å². The average molecular weight is 543 g/mol. The van der Waals surface area contributed by atoms with Gasteiger partial charge in [0.15, 0.2) is 18.5 Å². The van der Waals surface area contributed by atoms with Crippen LogP contribution in [-0.2, 0) is 47.6 Å². The zero-order chi connectivity index (χ0) is 27.6. The molecular formula is C22H30N4O10S. The third-order valence-electron chi connectivity index (χ3n) is 5.07. The van der Waals surface area contributed by atoms with Crippen LogP contribution in [0, 0.1) is 6.92 Å². The van der Waals surface area contributed by atoms with Gasteiger partial charge in [-0.3, -0.25) is 18.6 Å². The number of esters is 2. The van der Waals surface area contributed by atoms with Gasteiger partial charge in [-0.15, -0.1) is 0 Å². The largest absolute Gasteiger partial charge is 0.456 e. The molecule has 2 rings (SSSR count). The molecule has 1 fully saturated rings. The molecule has 1 aliphatic rings. The van der Waals surface area contributed by atoms with Gasteiger partial charge in [0.1, 0.15) is 12.1 Å². The van der Waals surface area contributed by atoms with E-state index in [0.717, 1.165) is 19.4 Å². The number of ether oxygens (including phenoxy) is 4. The second-order valence-corrected chi connectivity index (χ2v) is 9.76. The summed E-state index contributed by atoms with van der Waals surface area (Å²) in [5, 5.41) is 5.97. The third kappa shape index (κ3) is 9.30. The van der Waals surface area contributed by atoms with Gasteiger partial charge in [0.25, 0.3) is 10.1 Å². The van der Waals surface area contributed by atoms with Crippen molar-refractivity contribution in [2.45, 2.75) is 69.7 Å². The van der Waals surface area contributed by atoms with E-state index in [4.69, 9.17) is 28.7 Å². The lowest BCUT2D eigenvalue weighted by Crippen LogP contribution is -2.66. The summed E-state index contributed by atoms with van der Waals surface area (Å²) in [6.45, 7) is 4.75. The molecule has 0 bridgehead atoms. The summed E-state index contributed by atoms with van der Waals surface area (Å²) in [7, 11) is -4.23. The number of nitrogens with zero attached hydrogens (tertiary/aromatic N) is 3. The number of nitrogens with one attached hydrogen (secondary N) is 1. The fourth-order valence-corrected chi connectivity index (χ4v) is 4.46. The zero-order valence-corrected chi connectivity index (χ0v) is 21.7. The fraction of sp³-hybridized carbons (Fsp3) is 0.591. The van der Waals surface area contributed by atoms with Crippen molar-refractivity contribution in [2.75, 3.05) is 19.8 Å². The Kier molecular flexibility index (Phi) is 11.3. The van der Waals surface area contributed by atoms with Crippen molar-refractivity contribution in [2.24, 2.45) is 5.11 Å². The van der Waals surface area contributed by atoms with Crippen LogP contribution in [0.25, 0.3) is 10.4 Å². The molecule has 0 saturated carbocycles. The number of hydrogen-bond donors (Lipinski definition) is 1. The van der Waals surface area contributed by atoms with Gasteiger partial charge in [0, 0.05) is 38.8 Å². The minimum absolute atomic E-state index is 0.0139. The van der Waals surface area contributed by atoms with Crippen LogP contribution >= 0.6 is 0 Å². The molecule has 15 heteroatoms. The number of aryl methyl sites for hydroxylation is 1. The van der Waals surface area contributed by atoms with E-state index in [9.17, 15) is 22.8 Å². The van der Waals surface area contributed by atoms with Crippen molar-refractivity contribution in [3.8, 4) is 0 Å². The molecule has 0 radical (unpaired) electrons. The zero-order valence-electron chi connectivity index (χ0n) is 20.9. The number of hydrogen-bond acceptors (Lipinski definition) is 11. The molecule has 0 aliphatic carbocycles. The lowest BCUT2D eigenvalue weighted by molar-refractivity contribution is -0.275. The van der Waals surface area contributed by atoms with E-state index in [1.165, 1.54) is 19.1 Å². The lowest BCUT2D eigenvalue weighted by atomic mass is 9.96. The molecular weight excluding hydrogens is 512 g/mol. The minimum Gasteiger partial charge on any atom is -0.456 e. The summed E-state index contributed by atoms with van der Waals surface area (Å²) in [5.74, 6) is -2.05. The number of azide groups is 1. The molecule has 37 heavy (non-hydrogen) atoms. The third-order valence-corrected chi connectivity index (χ3v) is 6.36. The molecule has 1 aromatic rings. The van der Waals surface area contributed by atoms with Crippen molar-refractivity contribution >= 4 is 28.0 Å². The highest BCUT2D eigenvalue weighted by Crippen LogP contribution is 2.29. The Hall–Kier alpha value is -3.23. The quantitative estimate of drug-likeness (QED) is 0.101. The topological polar surface area (TPSA) is 192 Å². The van der Waals surface area contributed by atoms with Crippen LogP contribution in [0.2, 0.25) is 0 Å². The summed E-state index contributed by atoms with van der Waals surface area (Å²) in [6.07, 6.45) is -4.90. The number of carbonyl (C=O) groups excluding carboxylic acids is 3. The second-order valence-electron chi connectivity index (χ2n) is 8.15. The molecule has 5 atom stereocenters. The van der Waals surface area contributed by atoms with Crippen LogP contribution in [0.15, 0.2) is 34.3 Å². The van der Waals surface area contributed by atoms with Gasteiger partial charge in [0.2, 0.25) is 5.91 Å². The first-order valence-corrected chi connectivity index (χ1v) is 12.7. The van der Waals surface area contributed by atoms with Crippen molar-refractivity contribution in [3.63, 3.8) is 0 Å². The standard InChI is InChI=1S/C22H30N4O10S/c1-13-6-8-17(9-7-13)37(30,31)33-12-18-20(34-15(3)28)21(35-16(4)29)19(25-14(2)27)22(36-18)32-11-5-10-24-26-23/h6-9,18-22H,5,10-12H2,1-4H3,(H,25,27)/t18-,19-,20-,21-,22+/m1/s1. The summed E-state index contributed by atoms with van der Waals surface area (Å²) >= 11 is 0. The maximum Gasteiger partial charge on any atom is 0.303 e. The molecule has 1 saturated heterocycles. The van der Waals surface area contributed by atoms with Gasteiger partial charge in [-0.2, -0.15) is 8.42 Å². The Balaban J connectivity index is 2.36. The van der Waals surface area contributed by atoms with E-state index in [1.54, 1.807) is 19.1 Å². The number of carbonyl (C=O) groups is 3. The molecule has 1 N–H and O–H groups in total. The van der Waals surface area contributed by atoms with Crippen molar-refractivity contribution in [1.29, 1.82) is 0 Å². The number of amides is 1. The van der Waals surface area contributed by atoms with E-state index in [2.05, 4.69) is 15.3 Å². The average Bonchev–Trinajstić information content (AvgIpc) is 2.80. The van der Waals surface area contributed by atoms with Crippen molar-refractivity contribution in [3.05, 3.63) is 40.3 Å². The van der Waals surface area contributed by atoms with Gasteiger partial charge in [-0.25, -0.2) is 0 Å². The predicted molar refractivity (Wildman–Crippen MR) is 126 cm³/mol. The van der Waals surface area contributed by atoms with E-state index in [-0.39, 0.29) is 18.0 Å². The Morgan fingerprint density at radius 1 is 1.08 bits per heavy atom. The van der Waals surface area contributed by atoms with Crippen LogP contribution in [0.1, 0.15) is 32.8 Å². The van der Waals surface area contributed by atoms with Crippen LogP contribution in [0.3, 0.4) is 0 Å². The summed E-state index contributed by atoms with van der Waals surface area (Å²) in [5.41, 5.74) is 9.27. The van der Waals surface area contributed by atoms with Gasteiger partial charge in [0.05, 0.1) is 11.5 Å². The van der Waals surface area contributed by atoms with Gasteiger partial charge < -0.3 is 24.3 Å². The van der Waals surface area contributed by atoms with Crippen LogP contribution < -0.4 is 5.32 Å². The smallest absolute Gasteiger partial charge is 0.303 e. The Morgan fingerprint density at radius 2 is 1.70 bits per heavy atom. The van der Waals surface area contributed by atoms with Crippen LogP contribution in [0.4, 0.5) is 0 Å². The summed E-state index contributed by atoms with van der Waals surface area (Å²) < 4.78 is 53.0. The number of benzene rings is 1. The van der Waals surface area contributed by atoms with Crippen LogP contribution in [-0.4, -0.2) is 76.7 Å². The summed E-state index contributed by atoms with van der Waals surface area (Å²) in [4.78, 5) is 38.3. The Labute approximate surface area is 214 Å². The van der Waals surface area contributed by atoms with E-state index in [1.807, 2.05) is 0 Å². The van der Waals surface area contributed by atoms with E-state index >= 15 is 0 Å². The lowest BCUT2D eigenvalue weighted by Gasteiger charge is -2.45. The van der Waals surface area contributed by atoms with E-state index < -0.39 is 65.2 Å². The molecule has 1 aliphatic heterocycles. The maximum atomic E-state index is 12.7. The normalized spacial score (nSPS) is 23.4. The monoisotopic (exact) mass is 542 g/mol. The first-order valence-electron chi connectivity index (χ1n) is 11.3. The second kappa shape index (κ2) is 13.9. The fourth-order valence-electron chi connectivity index (χ4n) is 3.54. The molecule has 0 aromatic heterocycles. The predicted octanol–water partition coefficient (Wildman–Crippen LogP) is 1.51.